The first-order valence-corrected chi connectivity index (χ1v) is 14.7. The highest BCUT2D eigenvalue weighted by Crippen LogP contribution is 2.46. The van der Waals surface area contributed by atoms with Gasteiger partial charge < -0.3 is 18.9 Å². The number of nitrogens with zero attached hydrogens (tertiary/aromatic N) is 5. The molecule has 0 aromatic carbocycles. The van der Waals surface area contributed by atoms with Gasteiger partial charge in [0.25, 0.3) is 0 Å². The minimum absolute atomic E-state index is 0.0902. The topological polar surface area (TPSA) is 103 Å². The van der Waals surface area contributed by atoms with Gasteiger partial charge in [0.05, 0.1) is 29.7 Å². The molecule has 12 heteroatoms. The second kappa shape index (κ2) is 9.62. The molecule has 39 heavy (non-hydrogen) atoms. The van der Waals surface area contributed by atoms with Gasteiger partial charge in [-0.2, -0.15) is 4.98 Å². The molecule has 0 saturated carbocycles. The summed E-state index contributed by atoms with van der Waals surface area (Å²) in [7, 11) is 0. The van der Waals surface area contributed by atoms with Gasteiger partial charge in [0.1, 0.15) is 33.6 Å². The van der Waals surface area contributed by atoms with E-state index >= 15 is 4.39 Å². The van der Waals surface area contributed by atoms with Crippen molar-refractivity contribution in [3.63, 3.8) is 0 Å². The average molecular weight is 580 g/mol. The first-order valence-electron chi connectivity index (χ1n) is 13.2. The molecule has 1 unspecified atom stereocenters. The number of fused-ring (bicyclic) bond motifs is 5. The average Bonchev–Trinajstić information content (AvgIpc) is 3.06. The van der Waals surface area contributed by atoms with Crippen molar-refractivity contribution in [1.29, 1.82) is 0 Å². The number of rotatable bonds is 2. The fraction of sp³-hybridized carbons (Fsp3) is 0.630. The molecule has 2 saturated heterocycles. The van der Waals surface area contributed by atoms with E-state index in [-0.39, 0.29) is 40.6 Å². The Morgan fingerprint density at radius 2 is 1.92 bits per heavy atom. The van der Waals surface area contributed by atoms with Crippen LogP contribution in [0.5, 0.6) is 5.88 Å². The second-order valence-electron chi connectivity index (χ2n) is 12.5. The lowest BCUT2D eigenvalue weighted by atomic mass is 9.97. The summed E-state index contributed by atoms with van der Waals surface area (Å²) in [6.45, 7) is 15.2. The summed E-state index contributed by atoms with van der Waals surface area (Å²) in [6.07, 6.45) is 2.24. The van der Waals surface area contributed by atoms with Crippen LogP contribution in [-0.4, -0.2) is 72.9 Å². The third-order valence-electron chi connectivity index (χ3n) is 7.38. The first-order chi connectivity index (χ1) is 18.1. The number of pyridine rings is 2. The molecule has 0 aliphatic carbocycles. The highest BCUT2D eigenvalue weighted by Gasteiger charge is 2.53. The van der Waals surface area contributed by atoms with Crippen LogP contribution in [0, 0.1) is 12.7 Å². The molecular formula is C27H35ClFN5O4S. The monoisotopic (exact) mass is 579 g/mol. The van der Waals surface area contributed by atoms with Gasteiger partial charge in [0, 0.05) is 23.2 Å². The quantitative estimate of drug-likeness (QED) is 0.268. The Hall–Kier alpha value is -2.37. The third-order valence-corrected chi connectivity index (χ3v) is 8.98. The van der Waals surface area contributed by atoms with Gasteiger partial charge in [0.15, 0.2) is 11.0 Å². The van der Waals surface area contributed by atoms with Gasteiger partial charge in [-0.3, -0.25) is 4.90 Å². The number of hydrogen-bond acceptors (Lipinski definition) is 8. The number of hydrogen-bond donors (Lipinski definition) is 0. The van der Waals surface area contributed by atoms with Crippen LogP contribution in [0.25, 0.3) is 10.8 Å². The van der Waals surface area contributed by atoms with E-state index in [1.807, 2.05) is 53.4 Å². The Labute approximate surface area is 236 Å². The Balaban J connectivity index is 1.65. The molecule has 212 valence electrons. The SMILES string of the molecule is Cc1nc2c3c(nc(Cl)c(F)c3c1C=N[S+]([O-])C(C)(C)C)O[C@@H](C)[C@@H]1[C@@H]3CC[C@H](CN21)N3C(=O)OC(C)(C)C. The van der Waals surface area contributed by atoms with Crippen molar-refractivity contribution in [2.75, 3.05) is 11.4 Å². The number of halogens is 2. The molecule has 2 bridgehead atoms. The normalized spacial score (nSPS) is 25.5. The fourth-order valence-corrected chi connectivity index (χ4v) is 6.45. The molecule has 5 atom stereocenters. The van der Waals surface area contributed by atoms with E-state index in [0.29, 0.717) is 29.0 Å². The largest absolute Gasteiger partial charge is 0.591 e. The molecule has 5 heterocycles. The molecule has 3 aliphatic heterocycles. The van der Waals surface area contributed by atoms with Crippen molar-refractivity contribution >= 4 is 51.9 Å². The zero-order valence-electron chi connectivity index (χ0n) is 23.5. The molecule has 2 fully saturated rings. The molecular weight excluding hydrogens is 545 g/mol. The smallest absolute Gasteiger partial charge is 0.410 e. The second-order valence-corrected chi connectivity index (χ2v) is 14.7. The van der Waals surface area contributed by atoms with Gasteiger partial charge in [-0.15, -0.1) is 0 Å². The van der Waals surface area contributed by atoms with Crippen molar-refractivity contribution in [1.82, 2.24) is 14.9 Å². The number of anilines is 1. The lowest BCUT2D eigenvalue weighted by molar-refractivity contribution is 0.000953. The predicted molar refractivity (Wildman–Crippen MR) is 151 cm³/mol. The predicted octanol–water partition coefficient (Wildman–Crippen LogP) is 5.35. The van der Waals surface area contributed by atoms with Crippen molar-refractivity contribution in [3.8, 4) is 5.88 Å². The summed E-state index contributed by atoms with van der Waals surface area (Å²) in [5.41, 5.74) is 0.265. The summed E-state index contributed by atoms with van der Waals surface area (Å²) >= 11 is 4.72. The minimum atomic E-state index is -1.55. The lowest BCUT2D eigenvalue weighted by Crippen LogP contribution is -2.65. The Bertz CT molecular complexity index is 1360. The van der Waals surface area contributed by atoms with Crippen LogP contribution in [0.2, 0.25) is 5.15 Å². The number of amides is 1. The van der Waals surface area contributed by atoms with Crippen LogP contribution in [0.3, 0.4) is 0 Å². The highest BCUT2D eigenvalue weighted by atomic mass is 35.5. The van der Waals surface area contributed by atoms with E-state index < -0.39 is 33.6 Å². The van der Waals surface area contributed by atoms with Crippen LogP contribution in [-0.2, 0) is 16.1 Å². The highest BCUT2D eigenvalue weighted by molar-refractivity contribution is 7.91. The summed E-state index contributed by atoms with van der Waals surface area (Å²) in [5.74, 6) is -0.00735. The van der Waals surface area contributed by atoms with Crippen molar-refractivity contribution < 1.29 is 23.2 Å². The maximum atomic E-state index is 15.8. The number of carbonyl (C=O) groups excluding carboxylic acids is 1. The van der Waals surface area contributed by atoms with Gasteiger partial charge in [-0.25, -0.2) is 14.2 Å². The molecule has 1 amide bonds. The maximum Gasteiger partial charge on any atom is 0.410 e. The fourth-order valence-electron chi connectivity index (χ4n) is 5.76. The number of aryl methyl sites for hydroxylation is 1. The maximum absolute atomic E-state index is 15.8. The van der Waals surface area contributed by atoms with E-state index in [1.54, 1.807) is 6.92 Å². The van der Waals surface area contributed by atoms with Gasteiger partial charge in [-0.1, -0.05) is 16.0 Å². The van der Waals surface area contributed by atoms with Crippen LogP contribution in [0.1, 0.15) is 72.6 Å². The molecule has 0 N–H and O–H groups in total. The molecule has 3 aliphatic rings. The molecule has 0 radical (unpaired) electrons. The molecule has 0 spiro atoms. The molecule has 2 aromatic heterocycles. The lowest BCUT2D eigenvalue weighted by Gasteiger charge is -2.48. The molecule has 5 rings (SSSR count). The van der Waals surface area contributed by atoms with Crippen LogP contribution >= 0.6 is 11.6 Å². The van der Waals surface area contributed by atoms with Gasteiger partial charge >= 0.3 is 6.09 Å². The van der Waals surface area contributed by atoms with Gasteiger partial charge in [-0.05, 0) is 68.2 Å². The van der Waals surface area contributed by atoms with Crippen LogP contribution in [0.15, 0.2) is 4.40 Å². The van der Waals surface area contributed by atoms with E-state index in [2.05, 4.69) is 14.3 Å². The standard InChI is InChI=1S/C27H35ClFN5O4S/c1-13-16(11-30-39(36)27(6,7)8)18-19-23(31-13)33-12-15-9-10-17(34(15)25(35)38-26(3,4)5)21(33)14(2)37-24(19)32-22(28)20(18)29/h11,14-15,17,21H,9-10,12H2,1-8H3/t14-,15+,17-,21+,39?/m0/s1. The summed E-state index contributed by atoms with van der Waals surface area (Å²) in [4.78, 5) is 26.4. The molecule has 9 nitrogen and oxygen atoms in total. The Kier molecular flexibility index (Phi) is 6.95. The van der Waals surface area contributed by atoms with Gasteiger partial charge in [0.2, 0.25) is 5.88 Å². The van der Waals surface area contributed by atoms with Crippen LogP contribution in [0.4, 0.5) is 15.0 Å². The third kappa shape index (κ3) is 4.91. The number of aromatic nitrogens is 2. The van der Waals surface area contributed by atoms with Crippen molar-refractivity contribution in [2.24, 2.45) is 4.40 Å². The first kappa shape index (κ1) is 28.2. The Morgan fingerprint density at radius 1 is 1.23 bits per heavy atom. The Morgan fingerprint density at radius 3 is 2.56 bits per heavy atom. The summed E-state index contributed by atoms with van der Waals surface area (Å²) < 4.78 is 44.2. The number of piperazine rings is 1. The number of ether oxygens (including phenoxy) is 2. The minimum Gasteiger partial charge on any atom is -0.591 e. The van der Waals surface area contributed by atoms with Crippen molar-refractivity contribution in [3.05, 3.63) is 22.2 Å². The summed E-state index contributed by atoms with van der Waals surface area (Å²) in [6, 6.07) is -0.543. The zero-order chi connectivity index (χ0) is 28.6. The summed E-state index contributed by atoms with van der Waals surface area (Å²) in [5, 5.41) is 0.242. The number of carbonyl (C=O) groups is 1. The molecule has 2 aromatic rings. The van der Waals surface area contributed by atoms with E-state index in [0.717, 1.165) is 12.8 Å². The van der Waals surface area contributed by atoms with E-state index in [4.69, 9.17) is 26.1 Å². The zero-order valence-corrected chi connectivity index (χ0v) is 25.1. The van der Waals surface area contributed by atoms with E-state index in [9.17, 15) is 9.35 Å². The van der Waals surface area contributed by atoms with Crippen LogP contribution < -0.4 is 9.64 Å². The van der Waals surface area contributed by atoms with Crippen molar-refractivity contribution in [2.45, 2.75) is 103 Å². The van der Waals surface area contributed by atoms with E-state index in [1.165, 1.54) is 6.21 Å².